The van der Waals surface area contributed by atoms with Crippen LogP contribution in [0.4, 0.5) is 0 Å². The monoisotopic (exact) mass is 232 g/mol. The van der Waals surface area contributed by atoms with Gasteiger partial charge in [-0.1, -0.05) is 26.0 Å². The molecule has 0 bridgehead atoms. The van der Waals surface area contributed by atoms with E-state index in [-0.39, 0.29) is 6.04 Å². The van der Waals surface area contributed by atoms with Crippen molar-refractivity contribution in [2.45, 2.75) is 32.7 Å². The Labute approximate surface area is 103 Å². The number of hydrogen-bond acceptors (Lipinski definition) is 3. The van der Waals surface area contributed by atoms with Crippen LogP contribution < -0.4 is 10.1 Å². The van der Waals surface area contributed by atoms with Crippen molar-refractivity contribution in [3.8, 4) is 11.8 Å². The van der Waals surface area contributed by atoms with Gasteiger partial charge in [-0.25, -0.2) is 0 Å². The maximum Gasteiger partial charge on any atom is 0.121 e. The van der Waals surface area contributed by atoms with E-state index in [0.29, 0.717) is 6.61 Å². The summed E-state index contributed by atoms with van der Waals surface area (Å²) >= 11 is 0. The molecule has 0 saturated heterocycles. The molecule has 0 spiro atoms. The first kappa shape index (κ1) is 13.5. The lowest BCUT2D eigenvalue weighted by molar-refractivity contribution is 0.317. The predicted molar refractivity (Wildman–Crippen MR) is 68.9 cm³/mol. The van der Waals surface area contributed by atoms with E-state index in [0.717, 1.165) is 30.7 Å². The molecule has 1 aromatic carbocycles. The molecule has 0 fully saturated rings. The molecule has 17 heavy (non-hydrogen) atoms. The van der Waals surface area contributed by atoms with Gasteiger partial charge in [0.25, 0.3) is 0 Å². The summed E-state index contributed by atoms with van der Waals surface area (Å²) in [5, 5.41) is 12.3. The molecule has 1 atom stereocenters. The Balaban J connectivity index is 2.71. The first-order chi connectivity index (χ1) is 8.31. The van der Waals surface area contributed by atoms with Crippen LogP contribution in [0.5, 0.6) is 5.75 Å². The Bertz CT molecular complexity index is 371. The van der Waals surface area contributed by atoms with Gasteiger partial charge in [-0.3, -0.25) is 5.32 Å². The van der Waals surface area contributed by atoms with Gasteiger partial charge in [-0.15, -0.1) is 0 Å². The van der Waals surface area contributed by atoms with E-state index >= 15 is 0 Å². The van der Waals surface area contributed by atoms with E-state index < -0.39 is 0 Å². The third kappa shape index (κ3) is 4.46. The minimum atomic E-state index is -0.250. The Hall–Kier alpha value is -1.53. The second-order valence-electron chi connectivity index (χ2n) is 3.94. The highest BCUT2D eigenvalue weighted by atomic mass is 16.5. The highest BCUT2D eigenvalue weighted by Crippen LogP contribution is 2.19. The number of nitriles is 1. The van der Waals surface area contributed by atoms with Gasteiger partial charge >= 0.3 is 0 Å². The van der Waals surface area contributed by atoms with Gasteiger partial charge in [0, 0.05) is 0 Å². The molecule has 0 radical (unpaired) electrons. The number of benzene rings is 1. The predicted octanol–water partition coefficient (Wildman–Crippen LogP) is 3.04. The number of nitrogens with zero attached hydrogens (tertiary/aromatic N) is 1. The molecular formula is C14H20N2O. The van der Waals surface area contributed by atoms with Crippen molar-refractivity contribution in [2.24, 2.45) is 0 Å². The van der Waals surface area contributed by atoms with Crippen molar-refractivity contribution in [3.05, 3.63) is 29.8 Å². The highest BCUT2D eigenvalue weighted by molar-refractivity contribution is 5.33. The molecule has 3 heteroatoms. The molecule has 1 unspecified atom stereocenters. The minimum absolute atomic E-state index is 0.250. The summed E-state index contributed by atoms with van der Waals surface area (Å²) in [6.45, 7) is 5.72. The standard InChI is InChI=1S/C14H20N2O/c1-3-8-16-14(11-15)12-6-5-7-13(10-12)17-9-4-2/h5-7,10,14,16H,3-4,8-9H2,1-2H3. The summed E-state index contributed by atoms with van der Waals surface area (Å²) in [7, 11) is 0. The first-order valence-electron chi connectivity index (χ1n) is 6.17. The largest absolute Gasteiger partial charge is 0.494 e. The van der Waals surface area contributed by atoms with Crippen molar-refractivity contribution >= 4 is 0 Å². The summed E-state index contributed by atoms with van der Waals surface area (Å²) < 4.78 is 5.56. The Kier molecular flexibility index (Phi) is 6.13. The van der Waals surface area contributed by atoms with Crippen LogP contribution in [0.15, 0.2) is 24.3 Å². The van der Waals surface area contributed by atoms with Crippen LogP contribution in [0, 0.1) is 11.3 Å². The molecular weight excluding hydrogens is 212 g/mol. The van der Waals surface area contributed by atoms with E-state index in [1.54, 1.807) is 0 Å². The molecule has 0 heterocycles. The van der Waals surface area contributed by atoms with Crippen LogP contribution in [0.25, 0.3) is 0 Å². The zero-order valence-corrected chi connectivity index (χ0v) is 10.6. The van der Waals surface area contributed by atoms with E-state index in [9.17, 15) is 0 Å². The maximum atomic E-state index is 9.12. The van der Waals surface area contributed by atoms with Gasteiger partial charge in [0.05, 0.1) is 12.7 Å². The smallest absolute Gasteiger partial charge is 0.121 e. The molecule has 92 valence electrons. The fourth-order valence-electron chi connectivity index (χ4n) is 1.53. The number of nitrogens with one attached hydrogen (secondary N) is 1. The fraction of sp³-hybridized carbons (Fsp3) is 0.500. The number of hydrogen-bond donors (Lipinski definition) is 1. The third-order valence-corrected chi connectivity index (χ3v) is 2.39. The molecule has 0 saturated carbocycles. The van der Waals surface area contributed by atoms with Crippen LogP contribution >= 0.6 is 0 Å². The quantitative estimate of drug-likeness (QED) is 0.786. The van der Waals surface area contributed by atoms with E-state index in [2.05, 4.69) is 25.2 Å². The van der Waals surface area contributed by atoms with Crippen LogP contribution in [-0.2, 0) is 0 Å². The second-order valence-corrected chi connectivity index (χ2v) is 3.94. The average molecular weight is 232 g/mol. The zero-order chi connectivity index (χ0) is 12.5. The molecule has 1 rings (SSSR count). The molecule has 0 aromatic heterocycles. The van der Waals surface area contributed by atoms with Gasteiger partial charge < -0.3 is 4.74 Å². The molecule has 3 nitrogen and oxygen atoms in total. The van der Waals surface area contributed by atoms with Crippen molar-refractivity contribution in [2.75, 3.05) is 13.2 Å². The summed E-state index contributed by atoms with van der Waals surface area (Å²) in [4.78, 5) is 0. The summed E-state index contributed by atoms with van der Waals surface area (Å²) in [5.74, 6) is 0.836. The SMILES string of the molecule is CCCNC(C#N)c1cccc(OCCC)c1. The van der Waals surface area contributed by atoms with Crippen LogP contribution in [0.2, 0.25) is 0 Å². The maximum absolute atomic E-state index is 9.12. The second kappa shape index (κ2) is 7.70. The molecule has 0 aliphatic rings. The van der Waals surface area contributed by atoms with Crippen LogP contribution in [0.3, 0.4) is 0 Å². The normalized spacial score (nSPS) is 11.8. The minimum Gasteiger partial charge on any atom is -0.494 e. The molecule has 0 amide bonds. The molecule has 0 aliphatic carbocycles. The highest BCUT2D eigenvalue weighted by Gasteiger charge is 2.09. The Morgan fingerprint density at radius 3 is 2.82 bits per heavy atom. The van der Waals surface area contributed by atoms with Gasteiger partial charge in [-0.05, 0) is 37.1 Å². The summed E-state index contributed by atoms with van der Waals surface area (Å²) in [5.41, 5.74) is 0.967. The summed E-state index contributed by atoms with van der Waals surface area (Å²) in [6.07, 6.45) is 2.00. The molecule has 0 aliphatic heterocycles. The zero-order valence-electron chi connectivity index (χ0n) is 10.6. The van der Waals surface area contributed by atoms with Crippen molar-refractivity contribution in [1.29, 1.82) is 5.26 Å². The van der Waals surface area contributed by atoms with E-state index in [1.165, 1.54) is 0 Å². The molecule has 1 N–H and O–H groups in total. The summed E-state index contributed by atoms with van der Waals surface area (Å²) in [6, 6.07) is 9.76. The number of rotatable bonds is 7. The van der Waals surface area contributed by atoms with Crippen LogP contribution in [0.1, 0.15) is 38.3 Å². The van der Waals surface area contributed by atoms with E-state index in [1.807, 2.05) is 24.3 Å². The van der Waals surface area contributed by atoms with Crippen molar-refractivity contribution < 1.29 is 4.74 Å². The average Bonchev–Trinajstić information content (AvgIpc) is 2.38. The van der Waals surface area contributed by atoms with Crippen LogP contribution in [-0.4, -0.2) is 13.2 Å². The lowest BCUT2D eigenvalue weighted by atomic mass is 10.1. The lowest BCUT2D eigenvalue weighted by Gasteiger charge is -2.12. The third-order valence-electron chi connectivity index (χ3n) is 2.39. The Morgan fingerprint density at radius 1 is 1.35 bits per heavy atom. The molecule has 1 aromatic rings. The number of ether oxygens (including phenoxy) is 1. The fourth-order valence-corrected chi connectivity index (χ4v) is 1.53. The van der Waals surface area contributed by atoms with Gasteiger partial charge in [0.15, 0.2) is 0 Å². The van der Waals surface area contributed by atoms with E-state index in [4.69, 9.17) is 10.00 Å². The van der Waals surface area contributed by atoms with Gasteiger partial charge in [0.1, 0.15) is 11.8 Å². The van der Waals surface area contributed by atoms with Gasteiger partial charge in [0.2, 0.25) is 0 Å². The van der Waals surface area contributed by atoms with Crippen molar-refractivity contribution in [1.82, 2.24) is 5.32 Å². The Morgan fingerprint density at radius 2 is 2.18 bits per heavy atom. The van der Waals surface area contributed by atoms with Gasteiger partial charge in [-0.2, -0.15) is 5.26 Å². The first-order valence-corrected chi connectivity index (χ1v) is 6.17. The van der Waals surface area contributed by atoms with Crippen molar-refractivity contribution in [3.63, 3.8) is 0 Å². The lowest BCUT2D eigenvalue weighted by Crippen LogP contribution is -2.20. The topological polar surface area (TPSA) is 45.0 Å².